The average molecular weight is 238 g/mol. The first-order chi connectivity index (χ1) is 8.02. The van der Waals surface area contributed by atoms with E-state index in [1.165, 1.54) is 45.1 Å². The fourth-order valence-corrected chi connectivity index (χ4v) is 4.30. The lowest BCUT2D eigenvalue weighted by atomic mass is 9.70. The summed E-state index contributed by atoms with van der Waals surface area (Å²) in [5.74, 6) is 0.879. The summed E-state index contributed by atoms with van der Waals surface area (Å²) in [7, 11) is 0. The largest absolute Gasteiger partial charge is 0.329 e. The number of hydrogen-bond donors (Lipinski definition) is 1. The molecule has 1 heterocycles. The summed E-state index contributed by atoms with van der Waals surface area (Å²) in [6, 6.07) is 1.46. The van der Waals surface area contributed by atoms with Crippen LogP contribution in [0.3, 0.4) is 0 Å². The van der Waals surface area contributed by atoms with Gasteiger partial charge in [-0.1, -0.05) is 27.2 Å². The maximum atomic E-state index is 5.96. The third kappa shape index (κ3) is 3.23. The van der Waals surface area contributed by atoms with Gasteiger partial charge >= 0.3 is 0 Å². The van der Waals surface area contributed by atoms with E-state index in [-0.39, 0.29) is 0 Å². The highest BCUT2D eigenvalue weighted by atomic mass is 15.2. The van der Waals surface area contributed by atoms with Crippen molar-refractivity contribution in [2.45, 2.75) is 71.4 Å². The molecule has 17 heavy (non-hydrogen) atoms. The minimum atomic E-state index is 0.527. The molecule has 0 aromatic heterocycles. The van der Waals surface area contributed by atoms with Crippen molar-refractivity contribution in [3.05, 3.63) is 0 Å². The van der Waals surface area contributed by atoms with E-state index in [4.69, 9.17) is 5.73 Å². The van der Waals surface area contributed by atoms with Crippen LogP contribution in [0.2, 0.25) is 0 Å². The zero-order valence-electron chi connectivity index (χ0n) is 11.9. The van der Waals surface area contributed by atoms with Crippen LogP contribution in [0.4, 0.5) is 0 Å². The van der Waals surface area contributed by atoms with Crippen molar-refractivity contribution in [1.82, 2.24) is 4.90 Å². The Kier molecular flexibility index (Phi) is 4.14. The molecule has 0 aromatic rings. The first-order valence-corrected chi connectivity index (χ1v) is 7.47. The van der Waals surface area contributed by atoms with Crippen molar-refractivity contribution in [1.29, 1.82) is 0 Å². The lowest BCUT2D eigenvalue weighted by Crippen LogP contribution is -2.52. The van der Waals surface area contributed by atoms with Gasteiger partial charge in [-0.3, -0.25) is 4.90 Å². The van der Waals surface area contributed by atoms with Crippen LogP contribution in [0.25, 0.3) is 0 Å². The highest BCUT2D eigenvalue weighted by Crippen LogP contribution is 2.41. The Morgan fingerprint density at radius 2 is 2.00 bits per heavy atom. The molecule has 1 aliphatic carbocycles. The maximum Gasteiger partial charge on any atom is 0.0221 e. The van der Waals surface area contributed by atoms with E-state index < -0.39 is 0 Å². The molecule has 3 atom stereocenters. The summed E-state index contributed by atoms with van der Waals surface area (Å²) in [5, 5.41) is 0. The molecular formula is C15H30N2. The van der Waals surface area contributed by atoms with E-state index >= 15 is 0 Å². The first-order valence-electron chi connectivity index (χ1n) is 7.47. The van der Waals surface area contributed by atoms with E-state index in [1.807, 2.05) is 0 Å². The van der Waals surface area contributed by atoms with Crippen LogP contribution < -0.4 is 5.73 Å². The highest BCUT2D eigenvalue weighted by molar-refractivity contribution is 4.91. The summed E-state index contributed by atoms with van der Waals surface area (Å²) >= 11 is 0. The number of nitrogens with zero attached hydrogens (tertiary/aromatic N) is 1. The molecule has 0 radical (unpaired) electrons. The average Bonchev–Trinajstić information content (AvgIpc) is 2.26. The summed E-state index contributed by atoms with van der Waals surface area (Å²) in [5.41, 5.74) is 6.49. The minimum absolute atomic E-state index is 0.527. The number of rotatable bonds is 2. The van der Waals surface area contributed by atoms with Crippen molar-refractivity contribution >= 4 is 0 Å². The maximum absolute atomic E-state index is 5.96. The second-order valence-corrected chi connectivity index (χ2v) is 7.19. The van der Waals surface area contributed by atoms with Crippen LogP contribution in [-0.2, 0) is 0 Å². The molecule has 0 spiro atoms. The Labute approximate surface area is 107 Å². The van der Waals surface area contributed by atoms with Crippen LogP contribution >= 0.6 is 0 Å². The quantitative estimate of drug-likeness (QED) is 0.801. The molecule has 1 saturated carbocycles. The number of piperidine rings is 1. The van der Waals surface area contributed by atoms with Crippen molar-refractivity contribution in [3.63, 3.8) is 0 Å². The van der Waals surface area contributed by atoms with Crippen LogP contribution in [0.15, 0.2) is 0 Å². The zero-order chi connectivity index (χ0) is 12.5. The normalized spacial score (nSPS) is 39.2. The predicted octanol–water partition coefficient (Wildman–Crippen LogP) is 3.01. The van der Waals surface area contributed by atoms with E-state index in [1.54, 1.807) is 0 Å². The van der Waals surface area contributed by atoms with Gasteiger partial charge in [-0.2, -0.15) is 0 Å². The minimum Gasteiger partial charge on any atom is -0.329 e. The molecule has 2 nitrogen and oxygen atoms in total. The van der Waals surface area contributed by atoms with Crippen LogP contribution in [0, 0.1) is 11.3 Å². The molecule has 3 unspecified atom stereocenters. The van der Waals surface area contributed by atoms with E-state index in [2.05, 4.69) is 25.7 Å². The summed E-state index contributed by atoms with van der Waals surface area (Å²) in [6.45, 7) is 9.45. The Balaban J connectivity index is 2.04. The standard InChI is InChI=1S/C15H30N2/c1-12-8-14(10-15(2,3)9-12)17-7-5-4-6-13(17)11-16/h12-14H,4-11,16H2,1-3H3. The molecule has 2 fully saturated rings. The summed E-state index contributed by atoms with van der Waals surface area (Å²) < 4.78 is 0. The predicted molar refractivity (Wildman–Crippen MR) is 74.0 cm³/mol. The van der Waals surface area contributed by atoms with Gasteiger partial charge in [0.1, 0.15) is 0 Å². The molecule has 2 N–H and O–H groups in total. The second-order valence-electron chi connectivity index (χ2n) is 7.19. The van der Waals surface area contributed by atoms with Gasteiger partial charge in [-0.25, -0.2) is 0 Å². The third-order valence-corrected chi connectivity index (χ3v) is 4.78. The van der Waals surface area contributed by atoms with Gasteiger partial charge in [0.2, 0.25) is 0 Å². The molecule has 2 rings (SSSR count). The van der Waals surface area contributed by atoms with E-state index in [0.29, 0.717) is 11.5 Å². The van der Waals surface area contributed by atoms with E-state index in [0.717, 1.165) is 18.5 Å². The van der Waals surface area contributed by atoms with Gasteiger partial charge in [0, 0.05) is 18.6 Å². The fraction of sp³-hybridized carbons (Fsp3) is 1.00. The summed E-state index contributed by atoms with van der Waals surface area (Å²) in [4.78, 5) is 2.75. The van der Waals surface area contributed by atoms with Crippen LogP contribution in [0.5, 0.6) is 0 Å². The molecular weight excluding hydrogens is 208 g/mol. The Bertz CT molecular complexity index is 249. The Morgan fingerprint density at radius 1 is 1.24 bits per heavy atom. The van der Waals surface area contributed by atoms with Crippen molar-refractivity contribution in [2.24, 2.45) is 17.1 Å². The summed E-state index contributed by atoms with van der Waals surface area (Å²) in [6.07, 6.45) is 8.23. The molecule has 2 heteroatoms. The van der Waals surface area contributed by atoms with Gasteiger partial charge in [-0.05, 0) is 50.0 Å². The first kappa shape index (κ1) is 13.4. The molecule has 1 saturated heterocycles. The SMILES string of the molecule is CC1CC(N2CCCCC2CN)CC(C)(C)C1. The van der Waals surface area contributed by atoms with Crippen molar-refractivity contribution in [2.75, 3.05) is 13.1 Å². The second kappa shape index (κ2) is 5.27. The van der Waals surface area contributed by atoms with Gasteiger partial charge in [0.05, 0.1) is 0 Å². The smallest absolute Gasteiger partial charge is 0.0221 e. The lowest BCUT2D eigenvalue weighted by Gasteiger charge is -2.48. The molecule has 1 aliphatic heterocycles. The fourth-order valence-electron chi connectivity index (χ4n) is 4.30. The molecule has 0 aromatic carbocycles. The number of nitrogens with two attached hydrogens (primary N) is 1. The van der Waals surface area contributed by atoms with Gasteiger partial charge < -0.3 is 5.73 Å². The molecule has 2 aliphatic rings. The van der Waals surface area contributed by atoms with Gasteiger partial charge in [0.25, 0.3) is 0 Å². The number of hydrogen-bond acceptors (Lipinski definition) is 2. The van der Waals surface area contributed by atoms with E-state index in [9.17, 15) is 0 Å². The lowest BCUT2D eigenvalue weighted by molar-refractivity contribution is 0.0239. The van der Waals surface area contributed by atoms with Crippen molar-refractivity contribution < 1.29 is 0 Å². The number of likely N-dealkylation sites (tertiary alicyclic amines) is 1. The molecule has 0 amide bonds. The molecule has 100 valence electrons. The third-order valence-electron chi connectivity index (χ3n) is 4.78. The van der Waals surface area contributed by atoms with Crippen LogP contribution in [0.1, 0.15) is 59.3 Å². The Morgan fingerprint density at radius 3 is 2.65 bits per heavy atom. The highest BCUT2D eigenvalue weighted by Gasteiger charge is 2.37. The monoisotopic (exact) mass is 238 g/mol. The topological polar surface area (TPSA) is 29.3 Å². The van der Waals surface area contributed by atoms with Crippen molar-refractivity contribution in [3.8, 4) is 0 Å². The zero-order valence-corrected chi connectivity index (χ0v) is 11.9. The van der Waals surface area contributed by atoms with Gasteiger partial charge in [-0.15, -0.1) is 0 Å². The molecule has 0 bridgehead atoms. The Hall–Kier alpha value is -0.0800. The van der Waals surface area contributed by atoms with Gasteiger partial charge in [0.15, 0.2) is 0 Å². The van der Waals surface area contributed by atoms with Crippen LogP contribution in [-0.4, -0.2) is 30.1 Å².